The van der Waals surface area contributed by atoms with Gasteiger partial charge in [-0.2, -0.15) is 0 Å². The zero-order valence-electron chi connectivity index (χ0n) is 17.4. The molecule has 0 spiro atoms. The Morgan fingerprint density at radius 3 is 2.59 bits per heavy atom. The van der Waals surface area contributed by atoms with Crippen molar-refractivity contribution in [3.05, 3.63) is 87.0 Å². The molecule has 0 saturated heterocycles. The SMILES string of the molecule is CCCC(C(=O)NCc1ccco1)n1c(Cc2ccccc2Cl)nc2cc(Cl)c(Cl)cc21. The summed E-state index contributed by atoms with van der Waals surface area (Å²) in [5.74, 6) is 1.29. The molecule has 1 amide bonds. The van der Waals surface area contributed by atoms with Crippen molar-refractivity contribution in [2.75, 3.05) is 0 Å². The summed E-state index contributed by atoms with van der Waals surface area (Å²) in [7, 11) is 0. The first-order chi connectivity index (χ1) is 15.5. The molecule has 0 aliphatic heterocycles. The van der Waals surface area contributed by atoms with Crippen LogP contribution in [0.25, 0.3) is 11.0 Å². The number of fused-ring (bicyclic) bond motifs is 1. The van der Waals surface area contributed by atoms with Crippen LogP contribution in [-0.4, -0.2) is 15.5 Å². The van der Waals surface area contributed by atoms with E-state index in [4.69, 9.17) is 44.2 Å². The zero-order valence-corrected chi connectivity index (χ0v) is 19.7. The lowest BCUT2D eigenvalue weighted by Crippen LogP contribution is -2.33. The first-order valence-corrected chi connectivity index (χ1v) is 11.5. The summed E-state index contributed by atoms with van der Waals surface area (Å²) in [4.78, 5) is 18.1. The molecule has 2 heterocycles. The summed E-state index contributed by atoms with van der Waals surface area (Å²) in [5, 5.41) is 4.47. The monoisotopic (exact) mass is 489 g/mol. The molecule has 0 radical (unpaired) electrons. The topological polar surface area (TPSA) is 60.1 Å². The lowest BCUT2D eigenvalue weighted by atomic mass is 10.1. The van der Waals surface area contributed by atoms with Gasteiger partial charge in [-0.05, 0) is 42.3 Å². The molecule has 0 bridgehead atoms. The van der Waals surface area contributed by atoms with Gasteiger partial charge >= 0.3 is 0 Å². The van der Waals surface area contributed by atoms with Crippen LogP contribution >= 0.6 is 34.8 Å². The van der Waals surface area contributed by atoms with Crippen LogP contribution in [-0.2, 0) is 17.8 Å². The predicted molar refractivity (Wildman–Crippen MR) is 129 cm³/mol. The highest BCUT2D eigenvalue weighted by Crippen LogP contribution is 2.33. The second-order valence-electron chi connectivity index (χ2n) is 7.52. The minimum absolute atomic E-state index is 0.117. The van der Waals surface area contributed by atoms with Crippen molar-refractivity contribution in [2.24, 2.45) is 0 Å². The summed E-state index contributed by atoms with van der Waals surface area (Å²) in [5.41, 5.74) is 2.36. The number of hydrogen-bond acceptors (Lipinski definition) is 3. The van der Waals surface area contributed by atoms with Crippen LogP contribution in [0.5, 0.6) is 0 Å². The number of carbonyl (C=O) groups is 1. The highest BCUT2D eigenvalue weighted by Gasteiger charge is 2.26. The third kappa shape index (κ3) is 4.80. The van der Waals surface area contributed by atoms with Crippen LogP contribution in [0.2, 0.25) is 15.1 Å². The zero-order chi connectivity index (χ0) is 22.7. The molecule has 4 aromatic rings. The van der Waals surface area contributed by atoms with Gasteiger partial charge in [-0.1, -0.05) is 66.3 Å². The number of nitrogens with one attached hydrogen (secondary N) is 1. The Morgan fingerprint density at radius 1 is 1.09 bits per heavy atom. The van der Waals surface area contributed by atoms with Crippen LogP contribution < -0.4 is 5.32 Å². The van der Waals surface area contributed by atoms with Crippen LogP contribution in [0.15, 0.2) is 59.2 Å². The highest BCUT2D eigenvalue weighted by molar-refractivity contribution is 6.42. The first kappa shape index (κ1) is 22.7. The molecule has 2 aromatic heterocycles. The van der Waals surface area contributed by atoms with Gasteiger partial charge in [-0.15, -0.1) is 0 Å². The van der Waals surface area contributed by atoms with Gasteiger partial charge in [0.2, 0.25) is 5.91 Å². The average Bonchev–Trinajstić information content (AvgIpc) is 3.40. The standard InChI is InChI=1S/C24H22Cl3N3O2/c1-2-6-21(24(31)28-14-16-8-5-10-32-16)30-22-13-19(27)18(26)12-20(22)29-23(30)11-15-7-3-4-9-17(15)25/h3-5,7-10,12-13,21H,2,6,11,14H2,1H3,(H,28,31). The normalized spacial score (nSPS) is 12.2. The number of halogens is 3. The second-order valence-corrected chi connectivity index (χ2v) is 8.74. The maximum atomic E-state index is 13.3. The van der Waals surface area contributed by atoms with Crippen molar-refractivity contribution in [3.8, 4) is 0 Å². The molecule has 5 nitrogen and oxygen atoms in total. The molecular weight excluding hydrogens is 469 g/mol. The smallest absolute Gasteiger partial charge is 0.243 e. The number of imidazole rings is 1. The van der Waals surface area contributed by atoms with Crippen molar-refractivity contribution >= 4 is 51.7 Å². The second kappa shape index (κ2) is 9.99. The van der Waals surface area contributed by atoms with Gasteiger partial charge in [0.25, 0.3) is 0 Å². The van der Waals surface area contributed by atoms with Gasteiger partial charge in [0.1, 0.15) is 17.6 Å². The molecule has 8 heteroatoms. The maximum Gasteiger partial charge on any atom is 0.243 e. The van der Waals surface area contributed by atoms with Gasteiger partial charge in [0.05, 0.1) is 33.9 Å². The van der Waals surface area contributed by atoms with E-state index in [1.807, 2.05) is 41.8 Å². The maximum absolute atomic E-state index is 13.3. The van der Waals surface area contributed by atoms with Crippen LogP contribution in [0.3, 0.4) is 0 Å². The molecule has 2 aromatic carbocycles. The van der Waals surface area contributed by atoms with E-state index >= 15 is 0 Å². The van der Waals surface area contributed by atoms with Crippen LogP contribution in [0, 0.1) is 0 Å². The average molecular weight is 491 g/mol. The Kier molecular flexibility index (Phi) is 7.09. The molecule has 32 heavy (non-hydrogen) atoms. The molecule has 1 atom stereocenters. The van der Waals surface area contributed by atoms with E-state index in [0.717, 1.165) is 23.3 Å². The van der Waals surface area contributed by atoms with Gasteiger partial charge in [0.15, 0.2) is 0 Å². The van der Waals surface area contributed by atoms with E-state index in [1.165, 1.54) is 0 Å². The van der Waals surface area contributed by atoms with Crippen LogP contribution in [0.4, 0.5) is 0 Å². The van der Waals surface area contributed by atoms with E-state index in [0.29, 0.717) is 45.7 Å². The fraction of sp³-hybridized carbons (Fsp3) is 0.250. The summed E-state index contributed by atoms with van der Waals surface area (Å²) >= 11 is 19.0. The van der Waals surface area contributed by atoms with Crippen molar-refractivity contribution in [1.82, 2.24) is 14.9 Å². The minimum Gasteiger partial charge on any atom is -0.467 e. The number of rotatable bonds is 8. The van der Waals surface area contributed by atoms with E-state index in [2.05, 4.69) is 5.32 Å². The molecule has 166 valence electrons. The number of carbonyl (C=O) groups excluding carboxylic acids is 1. The van der Waals surface area contributed by atoms with Gasteiger partial charge < -0.3 is 14.3 Å². The van der Waals surface area contributed by atoms with E-state index in [-0.39, 0.29) is 5.91 Å². The summed E-state index contributed by atoms with van der Waals surface area (Å²) < 4.78 is 7.31. The molecule has 0 aliphatic carbocycles. The number of hydrogen-bond donors (Lipinski definition) is 1. The summed E-state index contributed by atoms with van der Waals surface area (Å²) in [6.07, 6.45) is 3.49. The van der Waals surface area contributed by atoms with Gasteiger partial charge in [-0.3, -0.25) is 4.79 Å². The third-order valence-electron chi connectivity index (χ3n) is 5.30. The van der Waals surface area contributed by atoms with Gasteiger partial charge in [-0.25, -0.2) is 4.98 Å². The Hall–Kier alpha value is -2.47. The highest BCUT2D eigenvalue weighted by atomic mass is 35.5. The van der Waals surface area contributed by atoms with E-state index in [9.17, 15) is 4.79 Å². The van der Waals surface area contributed by atoms with Crippen molar-refractivity contribution in [3.63, 3.8) is 0 Å². The molecule has 1 unspecified atom stereocenters. The summed E-state index contributed by atoms with van der Waals surface area (Å²) in [6.45, 7) is 2.36. The molecule has 1 N–H and O–H groups in total. The lowest BCUT2D eigenvalue weighted by molar-refractivity contribution is -0.124. The Labute approximate surface area is 201 Å². The fourth-order valence-corrected chi connectivity index (χ4v) is 4.30. The minimum atomic E-state index is -0.477. The molecule has 0 fully saturated rings. The van der Waals surface area contributed by atoms with Crippen molar-refractivity contribution in [2.45, 2.75) is 38.8 Å². The Balaban J connectivity index is 1.78. The van der Waals surface area contributed by atoms with E-state index < -0.39 is 6.04 Å². The largest absolute Gasteiger partial charge is 0.467 e. The molecule has 4 rings (SSSR count). The van der Waals surface area contributed by atoms with Crippen molar-refractivity contribution < 1.29 is 9.21 Å². The fourth-order valence-electron chi connectivity index (χ4n) is 3.78. The number of amides is 1. The molecular formula is C24H22Cl3N3O2. The quantitative estimate of drug-likeness (QED) is 0.294. The first-order valence-electron chi connectivity index (χ1n) is 10.4. The van der Waals surface area contributed by atoms with E-state index in [1.54, 1.807) is 24.5 Å². The van der Waals surface area contributed by atoms with Gasteiger partial charge in [0, 0.05) is 11.4 Å². The summed E-state index contributed by atoms with van der Waals surface area (Å²) in [6, 6.07) is 14.3. The number of benzene rings is 2. The Bertz CT molecular complexity index is 1240. The Morgan fingerprint density at radius 2 is 1.88 bits per heavy atom. The number of furan rings is 1. The predicted octanol–water partition coefficient (Wildman–Crippen LogP) is 6.84. The third-order valence-corrected chi connectivity index (χ3v) is 6.40. The molecule has 0 saturated carbocycles. The van der Waals surface area contributed by atoms with Crippen LogP contribution in [0.1, 0.15) is 43.0 Å². The van der Waals surface area contributed by atoms with Crippen molar-refractivity contribution in [1.29, 1.82) is 0 Å². The lowest BCUT2D eigenvalue weighted by Gasteiger charge is -2.21. The molecule has 0 aliphatic rings. The number of nitrogens with zero attached hydrogens (tertiary/aromatic N) is 2. The number of aromatic nitrogens is 2.